The van der Waals surface area contributed by atoms with Gasteiger partial charge in [-0.3, -0.25) is 4.57 Å². The predicted molar refractivity (Wildman–Crippen MR) is 376 cm³/mol. The molecular formula is C79H52B2N6S2. The van der Waals surface area contributed by atoms with E-state index in [1.807, 2.05) is 23.5 Å². The molecule has 18 rings (SSSR count). The van der Waals surface area contributed by atoms with E-state index in [-0.39, 0.29) is 13.4 Å². The predicted octanol–water partition coefficient (Wildman–Crippen LogP) is 17.2. The van der Waals surface area contributed by atoms with E-state index in [0.717, 1.165) is 96.4 Å². The molecule has 0 spiro atoms. The third-order valence-electron chi connectivity index (χ3n) is 18.0. The molecule has 14 aromatic rings. The minimum Gasteiger partial charge on any atom is -0.311 e. The fourth-order valence-electron chi connectivity index (χ4n) is 14.4. The van der Waals surface area contributed by atoms with Gasteiger partial charge in [0.05, 0.1) is 11.0 Å². The Morgan fingerprint density at radius 3 is 1.09 bits per heavy atom. The van der Waals surface area contributed by atoms with E-state index >= 15 is 0 Å². The van der Waals surface area contributed by atoms with Crippen molar-refractivity contribution in [2.45, 2.75) is 19.6 Å². The molecule has 0 radical (unpaired) electrons. The molecule has 10 heteroatoms. The van der Waals surface area contributed by atoms with Gasteiger partial charge in [0.15, 0.2) is 0 Å². The van der Waals surface area contributed by atoms with Gasteiger partial charge < -0.3 is 19.6 Å². The van der Waals surface area contributed by atoms with Crippen molar-refractivity contribution in [2.24, 2.45) is 0 Å². The topological polar surface area (TPSA) is 30.8 Å². The molecule has 0 bridgehead atoms. The molecular weight excluding hydrogens is 1120 g/mol. The van der Waals surface area contributed by atoms with Crippen molar-refractivity contribution in [3.05, 3.63) is 315 Å². The highest BCUT2D eigenvalue weighted by Crippen LogP contribution is 2.53. The van der Waals surface area contributed by atoms with Crippen molar-refractivity contribution < 1.29 is 0 Å². The zero-order chi connectivity index (χ0) is 58.5. The van der Waals surface area contributed by atoms with Crippen LogP contribution in [-0.4, -0.2) is 23.0 Å². The Hall–Kier alpha value is -10.6. The van der Waals surface area contributed by atoms with E-state index in [4.69, 9.17) is 4.98 Å². The molecule has 0 unspecified atom stereocenters. The second-order valence-corrected chi connectivity index (χ2v) is 25.1. The summed E-state index contributed by atoms with van der Waals surface area (Å²) < 4.78 is 2.43. The summed E-state index contributed by atoms with van der Waals surface area (Å²) in [5.41, 5.74) is 25.3. The van der Waals surface area contributed by atoms with Gasteiger partial charge in [0.2, 0.25) is 13.4 Å². The second kappa shape index (κ2) is 21.1. The Labute approximate surface area is 526 Å². The molecule has 416 valence electrons. The van der Waals surface area contributed by atoms with Crippen LogP contribution in [0.5, 0.6) is 0 Å². The average Bonchev–Trinajstić information content (AvgIpc) is 1.40. The first kappa shape index (κ1) is 51.6. The van der Waals surface area contributed by atoms with Crippen molar-refractivity contribution in [1.29, 1.82) is 0 Å². The maximum Gasteiger partial charge on any atom is 0.249 e. The Bertz CT molecular complexity index is 4720. The van der Waals surface area contributed by atoms with Crippen LogP contribution in [0.3, 0.4) is 0 Å². The summed E-state index contributed by atoms with van der Waals surface area (Å²) >= 11 is 3.82. The maximum atomic E-state index is 5.90. The zero-order valence-corrected chi connectivity index (χ0v) is 49.8. The van der Waals surface area contributed by atoms with Crippen molar-refractivity contribution in [1.82, 2.24) is 9.55 Å². The Balaban J connectivity index is 0.969. The number of nitrogens with zero attached hydrogens (tertiary/aromatic N) is 6. The first-order valence-corrected chi connectivity index (χ1v) is 32.0. The van der Waals surface area contributed by atoms with Crippen molar-refractivity contribution in [3.63, 3.8) is 0 Å². The molecule has 4 aliphatic rings. The highest BCUT2D eigenvalue weighted by Gasteiger charge is 2.48. The van der Waals surface area contributed by atoms with Gasteiger partial charge in [0, 0.05) is 99.1 Å². The van der Waals surface area contributed by atoms with Crippen molar-refractivity contribution in [3.8, 4) is 17.1 Å². The first-order valence-electron chi connectivity index (χ1n) is 30.3. The van der Waals surface area contributed by atoms with E-state index < -0.39 is 0 Å². The summed E-state index contributed by atoms with van der Waals surface area (Å²) in [6.07, 6.45) is 0. The van der Waals surface area contributed by atoms with E-state index in [1.165, 1.54) is 52.4 Å². The number of para-hydroxylation sites is 11. The molecule has 4 aliphatic heterocycles. The van der Waals surface area contributed by atoms with E-state index in [2.05, 4.69) is 340 Å². The number of rotatable bonds is 10. The summed E-state index contributed by atoms with van der Waals surface area (Å²) in [7, 11) is 0. The molecule has 0 saturated heterocycles. The second-order valence-electron chi connectivity index (χ2n) is 23.0. The third kappa shape index (κ3) is 8.28. The Kier molecular flexibility index (Phi) is 12.2. The highest BCUT2D eigenvalue weighted by molar-refractivity contribution is 8.01. The van der Waals surface area contributed by atoms with Crippen LogP contribution in [-0.2, 0) is 0 Å². The number of anilines is 12. The van der Waals surface area contributed by atoms with Crippen LogP contribution >= 0.6 is 23.5 Å². The summed E-state index contributed by atoms with van der Waals surface area (Å²) in [4.78, 5) is 20.6. The lowest BCUT2D eigenvalue weighted by Crippen LogP contribution is -2.64. The third-order valence-corrected chi connectivity index (χ3v) is 20.4. The lowest BCUT2D eigenvalue weighted by atomic mass is 9.31. The lowest BCUT2D eigenvalue weighted by molar-refractivity contribution is 1.08. The molecule has 0 amide bonds. The average molecular weight is 1170 g/mol. The van der Waals surface area contributed by atoms with Crippen LogP contribution in [0.4, 0.5) is 68.2 Å². The fourth-order valence-corrected chi connectivity index (χ4v) is 17.1. The van der Waals surface area contributed by atoms with Gasteiger partial charge in [0.1, 0.15) is 5.82 Å². The zero-order valence-electron chi connectivity index (χ0n) is 48.2. The molecule has 5 heterocycles. The van der Waals surface area contributed by atoms with Crippen LogP contribution in [0.15, 0.2) is 335 Å². The van der Waals surface area contributed by atoms with Gasteiger partial charge in [-0.05, 0) is 155 Å². The number of hydrogen-bond acceptors (Lipinski definition) is 7. The minimum atomic E-state index is -0.153. The van der Waals surface area contributed by atoms with E-state index in [0.29, 0.717) is 0 Å². The number of imidazole rings is 1. The summed E-state index contributed by atoms with van der Waals surface area (Å²) in [6.45, 7) is -0.305. The molecule has 6 nitrogen and oxygen atoms in total. The molecule has 0 fully saturated rings. The number of hydrogen-bond donors (Lipinski definition) is 0. The van der Waals surface area contributed by atoms with E-state index in [9.17, 15) is 0 Å². The highest BCUT2D eigenvalue weighted by atomic mass is 32.2. The normalized spacial score (nSPS) is 13.0. The summed E-state index contributed by atoms with van der Waals surface area (Å²) in [5, 5.41) is 0. The molecule has 13 aromatic carbocycles. The summed E-state index contributed by atoms with van der Waals surface area (Å²) in [5.74, 6) is 0.917. The van der Waals surface area contributed by atoms with Crippen molar-refractivity contribution in [2.75, 3.05) is 19.6 Å². The molecule has 0 saturated carbocycles. The number of fused-ring (bicyclic) bond motifs is 9. The van der Waals surface area contributed by atoms with Gasteiger partial charge in [-0.1, -0.05) is 216 Å². The monoisotopic (exact) mass is 1170 g/mol. The number of benzene rings is 13. The van der Waals surface area contributed by atoms with Crippen LogP contribution in [0.1, 0.15) is 0 Å². The lowest BCUT2D eigenvalue weighted by Gasteiger charge is -2.44. The SMILES string of the molecule is c1ccc(N(c2ccccc2)c2cc3c4c(c2)N(c2ccccc2)c2ccccc2B4c2cc4c(c(-c5nc6ccccc6n5-c5ccccc5)c2S3)Sc2cc(N(c3ccccc3)c3ccccc3)cc3c2B4c2ccccc2N3c2ccccc2)cc1. The Morgan fingerprint density at radius 2 is 0.663 bits per heavy atom. The fraction of sp³-hybridized carbons (Fsp3) is 0. The van der Waals surface area contributed by atoms with Crippen LogP contribution in [0.2, 0.25) is 0 Å². The van der Waals surface area contributed by atoms with E-state index in [1.54, 1.807) is 0 Å². The molecule has 0 aliphatic carbocycles. The summed E-state index contributed by atoms with van der Waals surface area (Å²) in [6, 6.07) is 116. The van der Waals surface area contributed by atoms with Gasteiger partial charge >= 0.3 is 0 Å². The van der Waals surface area contributed by atoms with Crippen LogP contribution in [0.25, 0.3) is 28.1 Å². The largest absolute Gasteiger partial charge is 0.311 e. The van der Waals surface area contributed by atoms with Gasteiger partial charge in [0.25, 0.3) is 0 Å². The first-order chi connectivity index (χ1) is 44.2. The molecule has 0 N–H and O–H groups in total. The van der Waals surface area contributed by atoms with Gasteiger partial charge in [-0.15, -0.1) is 0 Å². The van der Waals surface area contributed by atoms with Crippen LogP contribution in [0, 0.1) is 0 Å². The van der Waals surface area contributed by atoms with Crippen molar-refractivity contribution >= 4 is 149 Å². The minimum absolute atomic E-state index is 0.153. The smallest absolute Gasteiger partial charge is 0.249 e. The van der Waals surface area contributed by atoms with Gasteiger partial charge in [-0.2, -0.15) is 0 Å². The quantitative estimate of drug-likeness (QED) is 0.126. The molecule has 1 aromatic heterocycles. The standard InChI is InChI=1S/C79H52B2N6S2/c1-8-28-53(29-9-1)83(54-30-10-2-11-31-54)60-48-70-75-72(50-60)88-77-64(80(75)62-42-22-25-45-67(62)85(70)57-36-16-5-17-37-57)52-65-78(74(77)79-82-66-44-24-27-47-69(66)87(79)59-40-20-7-21-41-59)89-73-51-61(84(55-32-12-3-13-33-55)56-34-14-4-15-35-56)49-71-76(73)81(65)63-43-23-26-46-68(63)86(71)58-38-18-6-19-39-58/h1-52H. The molecule has 0 atom stereocenters. The molecule has 89 heavy (non-hydrogen) atoms. The Morgan fingerprint density at radius 1 is 0.303 bits per heavy atom. The van der Waals surface area contributed by atoms with Crippen LogP contribution < -0.4 is 52.4 Å². The number of aromatic nitrogens is 2. The maximum absolute atomic E-state index is 5.90. The van der Waals surface area contributed by atoms with Gasteiger partial charge in [-0.25, -0.2) is 4.98 Å².